The quantitative estimate of drug-likeness (QED) is 0.715. The Balaban J connectivity index is 1.39. The summed E-state index contributed by atoms with van der Waals surface area (Å²) in [5, 5.41) is 3.00. The Hall–Kier alpha value is -3.55. The number of hydrogen-bond donors (Lipinski definition) is 1. The van der Waals surface area contributed by atoms with Crippen LogP contribution in [0.5, 0.6) is 0 Å². The van der Waals surface area contributed by atoms with Crippen molar-refractivity contribution in [1.29, 1.82) is 0 Å². The van der Waals surface area contributed by atoms with E-state index in [9.17, 15) is 4.79 Å². The Bertz CT molecular complexity index is 944. The monoisotopic (exact) mass is 389 g/mol. The van der Waals surface area contributed by atoms with Crippen LogP contribution in [0.3, 0.4) is 0 Å². The summed E-state index contributed by atoms with van der Waals surface area (Å²) in [5.41, 5.74) is 1.42. The van der Waals surface area contributed by atoms with Crippen LogP contribution in [0.1, 0.15) is 29.0 Å². The van der Waals surface area contributed by atoms with E-state index in [4.69, 9.17) is 0 Å². The fourth-order valence-electron chi connectivity index (χ4n) is 3.28. The molecule has 2 aromatic heterocycles. The molecule has 148 valence electrons. The standard InChI is InChI=1S/C21H23N7O/c1-16(17-6-3-2-4-7-17)25-19(29)18-8-11-24-21(26-18)28-14-12-27(13-15-28)20-22-9-5-10-23-20/h2-11,16H,12-15H2,1H3,(H,25,29). The molecule has 3 aromatic rings. The second-order valence-electron chi connectivity index (χ2n) is 6.87. The minimum atomic E-state index is -0.207. The van der Waals surface area contributed by atoms with Crippen LogP contribution < -0.4 is 15.1 Å². The molecule has 1 fully saturated rings. The molecule has 4 rings (SSSR count). The van der Waals surface area contributed by atoms with Gasteiger partial charge in [0.2, 0.25) is 11.9 Å². The van der Waals surface area contributed by atoms with E-state index < -0.39 is 0 Å². The van der Waals surface area contributed by atoms with Crippen LogP contribution in [-0.4, -0.2) is 52.0 Å². The molecule has 1 aliphatic heterocycles. The molecule has 1 unspecified atom stereocenters. The molecular weight excluding hydrogens is 366 g/mol. The molecule has 1 amide bonds. The molecule has 1 atom stereocenters. The number of benzene rings is 1. The number of nitrogens with one attached hydrogen (secondary N) is 1. The highest BCUT2D eigenvalue weighted by molar-refractivity contribution is 5.92. The highest BCUT2D eigenvalue weighted by Gasteiger charge is 2.22. The summed E-state index contributed by atoms with van der Waals surface area (Å²) >= 11 is 0. The van der Waals surface area contributed by atoms with Gasteiger partial charge in [-0.25, -0.2) is 19.9 Å². The number of rotatable bonds is 5. The fraction of sp³-hybridized carbons (Fsp3) is 0.286. The normalized spacial score (nSPS) is 15.1. The van der Waals surface area contributed by atoms with E-state index in [2.05, 4.69) is 35.1 Å². The number of nitrogens with zero attached hydrogens (tertiary/aromatic N) is 6. The van der Waals surface area contributed by atoms with Gasteiger partial charge >= 0.3 is 0 Å². The van der Waals surface area contributed by atoms with Crippen molar-refractivity contribution < 1.29 is 4.79 Å². The third-order valence-electron chi connectivity index (χ3n) is 4.92. The predicted molar refractivity (Wildman–Crippen MR) is 111 cm³/mol. The average molecular weight is 389 g/mol. The van der Waals surface area contributed by atoms with E-state index >= 15 is 0 Å². The molecular formula is C21H23N7O. The molecule has 1 aromatic carbocycles. The molecule has 1 aliphatic rings. The summed E-state index contributed by atoms with van der Waals surface area (Å²) in [5.74, 6) is 1.09. The summed E-state index contributed by atoms with van der Waals surface area (Å²) in [6.45, 7) is 4.98. The molecule has 0 saturated carbocycles. The van der Waals surface area contributed by atoms with Gasteiger partial charge in [-0.05, 0) is 24.6 Å². The number of piperazine rings is 1. The zero-order chi connectivity index (χ0) is 20.1. The van der Waals surface area contributed by atoms with Crippen molar-refractivity contribution in [2.45, 2.75) is 13.0 Å². The van der Waals surface area contributed by atoms with E-state index in [1.807, 2.05) is 43.3 Å². The minimum absolute atomic E-state index is 0.100. The third-order valence-corrected chi connectivity index (χ3v) is 4.92. The smallest absolute Gasteiger partial charge is 0.270 e. The lowest BCUT2D eigenvalue weighted by molar-refractivity contribution is 0.0934. The first kappa shape index (κ1) is 18.8. The first-order valence-electron chi connectivity index (χ1n) is 9.66. The van der Waals surface area contributed by atoms with Crippen molar-refractivity contribution in [3.63, 3.8) is 0 Å². The first-order valence-corrected chi connectivity index (χ1v) is 9.66. The molecule has 29 heavy (non-hydrogen) atoms. The van der Waals surface area contributed by atoms with Gasteiger partial charge in [0.05, 0.1) is 6.04 Å². The van der Waals surface area contributed by atoms with E-state index in [0.29, 0.717) is 11.6 Å². The van der Waals surface area contributed by atoms with Gasteiger partial charge in [0.15, 0.2) is 0 Å². The SMILES string of the molecule is CC(NC(=O)c1ccnc(N2CCN(c3ncccn3)CC2)n1)c1ccccc1. The van der Waals surface area contributed by atoms with Crippen LogP contribution in [-0.2, 0) is 0 Å². The second-order valence-corrected chi connectivity index (χ2v) is 6.87. The number of amides is 1. The molecule has 8 nitrogen and oxygen atoms in total. The number of carbonyl (C=O) groups is 1. The van der Waals surface area contributed by atoms with Gasteiger partial charge in [-0.1, -0.05) is 30.3 Å². The van der Waals surface area contributed by atoms with Gasteiger partial charge in [-0.3, -0.25) is 4.79 Å². The summed E-state index contributed by atoms with van der Waals surface area (Å²) in [4.78, 5) is 34.3. The van der Waals surface area contributed by atoms with Gasteiger partial charge in [0, 0.05) is 44.8 Å². The Labute approximate surface area is 169 Å². The third kappa shape index (κ3) is 4.48. The lowest BCUT2D eigenvalue weighted by Gasteiger charge is -2.34. The minimum Gasteiger partial charge on any atom is -0.344 e. The largest absolute Gasteiger partial charge is 0.344 e. The Kier molecular flexibility index (Phi) is 5.60. The molecule has 0 radical (unpaired) electrons. The maximum Gasteiger partial charge on any atom is 0.270 e. The van der Waals surface area contributed by atoms with Gasteiger partial charge < -0.3 is 15.1 Å². The molecule has 3 heterocycles. The molecule has 1 N–H and O–H groups in total. The molecule has 0 spiro atoms. The summed E-state index contributed by atoms with van der Waals surface area (Å²) in [6, 6.07) is 13.2. The van der Waals surface area contributed by atoms with Crippen LogP contribution >= 0.6 is 0 Å². The first-order chi connectivity index (χ1) is 14.2. The van der Waals surface area contributed by atoms with E-state index in [-0.39, 0.29) is 11.9 Å². The Morgan fingerprint density at radius 2 is 1.48 bits per heavy atom. The van der Waals surface area contributed by atoms with Crippen molar-refractivity contribution in [3.8, 4) is 0 Å². The van der Waals surface area contributed by atoms with E-state index in [0.717, 1.165) is 37.7 Å². The highest BCUT2D eigenvalue weighted by atomic mass is 16.1. The second kappa shape index (κ2) is 8.64. The Morgan fingerprint density at radius 3 is 2.17 bits per heavy atom. The summed E-state index contributed by atoms with van der Waals surface area (Å²) in [6.07, 6.45) is 5.13. The summed E-state index contributed by atoms with van der Waals surface area (Å²) in [7, 11) is 0. The Morgan fingerprint density at radius 1 is 0.862 bits per heavy atom. The topological polar surface area (TPSA) is 87.1 Å². The fourth-order valence-corrected chi connectivity index (χ4v) is 3.28. The van der Waals surface area contributed by atoms with E-state index in [1.54, 1.807) is 24.7 Å². The van der Waals surface area contributed by atoms with Crippen molar-refractivity contribution in [2.24, 2.45) is 0 Å². The van der Waals surface area contributed by atoms with Gasteiger partial charge in [0.25, 0.3) is 5.91 Å². The molecule has 1 saturated heterocycles. The zero-order valence-electron chi connectivity index (χ0n) is 16.3. The van der Waals surface area contributed by atoms with Crippen LogP contribution in [0.4, 0.5) is 11.9 Å². The highest BCUT2D eigenvalue weighted by Crippen LogP contribution is 2.16. The number of hydrogen-bond acceptors (Lipinski definition) is 7. The van der Waals surface area contributed by atoms with Gasteiger partial charge in [0.1, 0.15) is 5.69 Å². The van der Waals surface area contributed by atoms with Crippen LogP contribution in [0.15, 0.2) is 61.1 Å². The number of aromatic nitrogens is 4. The molecule has 0 bridgehead atoms. The zero-order valence-corrected chi connectivity index (χ0v) is 16.3. The number of carbonyl (C=O) groups excluding carboxylic acids is 1. The van der Waals surface area contributed by atoms with Crippen LogP contribution in [0, 0.1) is 0 Å². The summed E-state index contributed by atoms with van der Waals surface area (Å²) < 4.78 is 0. The van der Waals surface area contributed by atoms with E-state index in [1.165, 1.54) is 0 Å². The number of anilines is 2. The van der Waals surface area contributed by atoms with Crippen molar-refractivity contribution in [1.82, 2.24) is 25.3 Å². The van der Waals surface area contributed by atoms with Gasteiger partial charge in [-0.15, -0.1) is 0 Å². The molecule has 0 aliphatic carbocycles. The maximum absolute atomic E-state index is 12.7. The maximum atomic E-state index is 12.7. The van der Waals surface area contributed by atoms with Crippen molar-refractivity contribution >= 4 is 17.8 Å². The van der Waals surface area contributed by atoms with Crippen molar-refractivity contribution in [3.05, 3.63) is 72.3 Å². The molecule has 8 heteroatoms. The average Bonchev–Trinajstić information content (AvgIpc) is 2.80. The van der Waals surface area contributed by atoms with Crippen molar-refractivity contribution in [2.75, 3.05) is 36.0 Å². The lowest BCUT2D eigenvalue weighted by atomic mass is 10.1. The van der Waals surface area contributed by atoms with Crippen LogP contribution in [0.25, 0.3) is 0 Å². The van der Waals surface area contributed by atoms with Crippen LogP contribution in [0.2, 0.25) is 0 Å². The predicted octanol–water partition coefficient (Wildman–Crippen LogP) is 2.08. The van der Waals surface area contributed by atoms with Gasteiger partial charge in [-0.2, -0.15) is 0 Å². The lowest BCUT2D eigenvalue weighted by Crippen LogP contribution is -2.47.